The molecule has 0 aromatic heterocycles. The summed E-state index contributed by atoms with van der Waals surface area (Å²) >= 11 is -2.27. The van der Waals surface area contributed by atoms with E-state index < -0.39 is 23.2 Å². The van der Waals surface area contributed by atoms with Crippen LogP contribution in [-0.4, -0.2) is 28.5 Å². The van der Waals surface area contributed by atoms with Crippen molar-refractivity contribution in [2.75, 3.05) is 0 Å². The van der Waals surface area contributed by atoms with Gasteiger partial charge >= 0.3 is 51.9 Å². The van der Waals surface area contributed by atoms with Gasteiger partial charge in [-0.1, -0.05) is 0 Å². The molecule has 0 aliphatic carbocycles. The second-order valence-corrected chi connectivity index (χ2v) is 0.493. The molecule has 0 aliphatic heterocycles. The molecule has 0 rings (SSSR count). The molecule has 0 heterocycles. The third-order valence-corrected chi connectivity index (χ3v) is 0. The van der Waals surface area contributed by atoms with Crippen LogP contribution in [0, 0.1) is 0 Å². The fourth-order valence-corrected chi connectivity index (χ4v) is 0. The first-order chi connectivity index (χ1) is 1.41. The van der Waals surface area contributed by atoms with Crippen molar-refractivity contribution in [3.8, 4) is 0 Å². The van der Waals surface area contributed by atoms with E-state index in [4.69, 9.17) is 5.63 Å². The van der Waals surface area contributed by atoms with E-state index in [9.17, 15) is 0 Å². The average Bonchev–Trinajstić information content (AvgIpc) is 0.918. The summed E-state index contributed by atoms with van der Waals surface area (Å²) in [5.74, 6) is 0. The fourth-order valence-electron chi connectivity index (χ4n) is 0. The van der Waals surface area contributed by atoms with E-state index in [1.54, 1.807) is 0 Å². The predicted octanol–water partition coefficient (Wildman–Crippen LogP) is -1.07. The van der Waals surface area contributed by atoms with E-state index in [1.807, 2.05) is 0 Å². The van der Waals surface area contributed by atoms with Crippen LogP contribution in [-0.2, 0) is 28.9 Å². The summed E-state index contributed by atoms with van der Waals surface area (Å²) in [6.07, 6.45) is 0. The van der Waals surface area contributed by atoms with Gasteiger partial charge in [0.05, 0.1) is 0 Å². The van der Waals surface area contributed by atoms with Gasteiger partial charge < -0.3 is 5.48 Å². The van der Waals surface area contributed by atoms with Crippen LogP contribution in [0.15, 0.2) is 0 Å². The molecule has 5 heavy (non-hydrogen) atoms. The van der Waals surface area contributed by atoms with Crippen LogP contribution < -0.4 is 0 Å². The molecule has 0 aromatic carbocycles. The Morgan fingerprint density at radius 3 is 1.20 bits per heavy atom. The fraction of sp³-hybridized carbons (Fsp3) is 0. The first kappa shape index (κ1) is 16.4. The van der Waals surface area contributed by atoms with Gasteiger partial charge in [0.25, 0.3) is 0 Å². The Hall–Kier alpha value is 1.21. The second kappa shape index (κ2) is 18.9. The van der Waals surface area contributed by atoms with Crippen molar-refractivity contribution in [3.05, 3.63) is 0 Å². The van der Waals surface area contributed by atoms with Crippen molar-refractivity contribution in [3.63, 3.8) is 0 Å². The van der Waals surface area contributed by atoms with Gasteiger partial charge in [0, 0.05) is 0 Å². The quantitative estimate of drug-likeness (QED) is 0.430. The molecule has 5 heteroatoms. The van der Waals surface area contributed by atoms with E-state index in [0.717, 1.165) is 0 Å². The Morgan fingerprint density at radius 1 is 1.20 bits per heavy atom. The molecule has 0 bridgehead atoms. The zero-order chi connectivity index (χ0) is 2.71. The Balaban J connectivity index is -0.0000000200. The molecule has 0 saturated carbocycles. The van der Waals surface area contributed by atoms with Crippen molar-refractivity contribution in [1.82, 2.24) is 0 Å². The van der Waals surface area contributed by atoms with Crippen LogP contribution in [0.1, 0.15) is 0 Å². The van der Waals surface area contributed by atoms with Gasteiger partial charge in [-0.25, -0.2) is 0 Å². The van der Waals surface area contributed by atoms with Crippen LogP contribution in [0.4, 0.5) is 0 Å². The molecule has 0 saturated heterocycles. The van der Waals surface area contributed by atoms with Crippen LogP contribution >= 0.6 is 0 Å². The molecule has 3 nitrogen and oxygen atoms in total. The number of rotatable bonds is 0. The van der Waals surface area contributed by atoms with Crippen LogP contribution in [0.25, 0.3) is 0 Å². The molecular formula is H2MgO3Zr. The molecule has 26 valence electrons. The normalized spacial score (nSPS) is 1.60. The first-order valence-electron chi connectivity index (χ1n) is 0.408. The zero-order valence-corrected chi connectivity index (χ0v) is 7.22. The van der Waals surface area contributed by atoms with Gasteiger partial charge in [-0.2, -0.15) is 0 Å². The van der Waals surface area contributed by atoms with E-state index in [2.05, 4.69) is 0 Å². The Bertz CT molecular complexity index is 27.9. The van der Waals surface area contributed by atoms with Gasteiger partial charge in [-0.05, 0) is 0 Å². The predicted molar refractivity (Wildman–Crippen MR) is 10.5 cm³/mol. The molecule has 0 spiro atoms. The van der Waals surface area contributed by atoms with Crippen molar-refractivity contribution >= 4 is 23.1 Å². The summed E-state index contributed by atoms with van der Waals surface area (Å²) in [4.78, 5) is 0. The second-order valence-electron chi connectivity index (χ2n) is 0.0833. The third kappa shape index (κ3) is 36.7. The standard InChI is InChI=1S/Mg.H2O.2O.Zr.H/h;1H2;;;;/q+1;;;;;/p-1. The van der Waals surface area contributed by atoms with Crippen LogP contribution in [0.3, 0.4) is 0 Å². The molecule has 0 aromatic rings. The minimum absolute atomic E-state index is 0. The molecule has 0 aliphatic rings. The van der Waals surface area contributed by atoms with Crippen molar-refractivity contribution in [2.24, 2.45) is 0 Å². The summed E-state index contributed by atoms with van der Waals surface area (Å²) in [5, 5.41) is 0. The topological polar surface area (TPSA) is 64.1 Å². The molecule has 0 atom stereocenters. The summed E-state index contributed by atoms with van der Waals surface area (Å²) < 4.78 is 17.1. The molecule has 0 radical (unpaired) electrons. The first-order valence-corrected chi connectivity index (χ1v) is 2.42. The number of hydrogen-bond acceptors (Lipinski definition) is 3. The van der Waals surface area contributed by atoms with Gasteiger partial charge in [0.15, 0.2) is 0 Å². The van der Waals surface area contributed by atoms with Gasteiger partial charge in [0.2, 0.25) is 0 Å². The molecule has 0 fully saturated rings. The van der Waals surface area contributed by atoms with E-state index in [0.29, 0.717) is 0 Å². The van der Waals surface area contributed by atoms with E-state index in [-0.39, 0.29) is 28.5 Å². The molecule has 0 amide bonds. The Labute approximate surface area is 57.0 Å². The zero-order valence-electron chi connectivity index (χ0n) is 2.76. The molecule has 1 N–H and O–H groups in total. The van der Waals surface area contributed by atoms with Gasteiger partial charge in [-0.15, -0.1) is 0 Å². The third-order valence-electron chi connectivity index (χ3n) is 0. The van der Waals surface area contributed by atoms with E-state index >= 15 is 0 Å². The summed E-state index contributed by atoms with van der Waals surface area (Å²) in [6.45, 7) is 0. The Morgan fingerprint density at radius 2 is 1.20 bits per heavy atom. The van der Waals surface area contributed by atoms with E-state index in [1.165, 1.54) is 0 Å². The van der Waals surface area contributed by atoms with Gasteiger partial charge in [-0.3, -0.25) is 0 Å². The van der Waals surface area contributed by atoms with Crippen LogP contribution in [0.2, 0.25) is 0 Å². The maximum absolute atomic E-state index is 8.54. The minimum atomic E-state index is -2.27. The number of hydrogen-bond donors (Lipinski definition) is 0. The average molecular weight is 166 g/mol. The maximum atomic E-state index is 8.54. The van der Waals surface area contributed by atoms with Gasteiger partial charge in [0.1, 0.15) is 0 Å². The molecular weight excluding hydrogens is 164 g/mol. The van der Waals surface area contributed by atoms with Crippen molar-refractivity contribution in [2.45, 2.75) is 0 Å². The van der Waals surface area contributed by atoms with Crippen molar-refractivity contribution in [1.29, 1.82) is 0 Å². The SMILES string of the molecule is [MgH+].[OH-].[O]=[Zr]=[O]. The summed E-state index contributed by atoms with van der Waals surface area (Å²) in [7, 11) is 0. The van der Waals surface area contributed by atoms with Crippen molar-refractivity contribution < 1.29 is 34.3 Å². The summed E-state index contributed by atoms with van der Waals surface area (Å²) in [6, 6.07) is 0. The molecule has 0 unspecified atom stereocenters. The monoisotopic (exact) mass is 164 g/mol. The van der Waals surface area contributed by atoms with Crippen LogP contribution in [0.5, 0.6) is 0 Å². The summed E-state index contributed by atoms with van der Waals surface area (Å²) in [5.41, 5.74) is 0. The Kier molecular flexibility index (Phi) is 61.9.